The minimum atomic E-state index is -1.18. The number of carbonyl (C=O) groups is 8. The van der Waals surface area contributed by atoms with Gasteiger partial charge in [-0.15, -0.1) is 0 Å². The maximum atomic E-state index is 12.4. The fraction of sp³-hybridized carbons (Fsp3) is 0.830. The molecule has 0 spiro atoms. The zero-order valence-corrected chi connectivity index (χ0v) is 41.4. The number of carboxylic acid groups (broad SMARTS) is 3. The zero-order valence-electron chi connectivity index (χ0n) is 41.4. The summed E-state index contributed by atoms with van der Waals surface area (Å²) in [4.78, 5) is 92.1. The van der Waals surface area contributed by atoms with Crippen LogP contribution in [0.5, 0.6) is 0 Å². The predicted octanol–water partition coefficient (Wildman–Crippen LogP) is 4.81. The fourth-order valence-corrected chi connectivity index (χ4v) is 6.72. The number of unbranched alkanes of at least 4 members (excludes halogenated alkanes) is 16. The second-order valence-electron chi connectivity index (χ2n) is 16.7. The van der Waals surface area contributed by atoms with Gasteiger partial charge < -0.3 is 58.1 Å². The van der Waals surface area contributed by atoms with Gasteiger partial charge in [-0.05, 0) is 83.5 Å². The second kappa shape index (κ2) is 48.4. The summed E-state index contributed by atoms with van der Waals surface area (Å²) < 4.78 is 0. The molecule has 67 heavy (non-hydrogen) atoms. The third-order valence-corrected chi connectivity index (χ3v) is 10.7. The zero-order chi connectivity index (χ0) is 51.1. The molecule has 0 bridgehead atoms. The van der Waals surface area contributed by atoms with Crippen molar-refractivity contribution in [1.82, 2.24) is 26.5 Å². The highest BCUT2D eigenvalue weighted by molar-refractivity contribution is 6.57. The molecule has 0 heterocycles. The van der Waals surface area contributed by atoms with Crippen molar-refractivity contribution in [3.63, 3.8) is 0 Å². The lowest BCUT2D eigenvalue weighted by Crippen LogP contribution is -2.42. The minimum Gasteiger partial charge on any atom is -0.481 e. The Balaban J connectivity index is -0.00000470. The average molecular weight is 950 g/mol. The molecule has 4 atom stereocenters. The van der Waals surface area contributed by atoms with E-state index in [1.807, 2.05) is 20.8 Å². The normalized spacial score (nSPS) is 12.4. The van der Waals surface area contributed by atoms with Crippen molar-refractivity contribution >= 4 is 63.0 Å². The molecule has 0 aromatic heterocycles. The summed E-state index contributed by atoms with van der Waals surface area (Å²) in [6, 6.07) is -3.36. The smallest absolute Gasteiger partial charge is 0.326 e. The van der Waals surface area contributed by atoms with Gasteiger partial charge in [-0.2, -0.15) is 0 Å². The monoisotopic (exact) mass is 950 g/mol. The van der Waals surface area contributed by atoms with Crippen LogP contribution in [0.15, 0.2) is 0 Å². The molecule has 0 aromatic carbocycles. The summed E-state index contributed by atoms with van der Waals surface area (Å²) in [6.07, 6.45) is 21.6. The van der Waals surface area contributed by atoms with Crippen LogP contribution < -0.4 is 38.0 Å². The average Bonchev–Trinajstić information content (AvgIpc) is 3.28. The van der Waals surface area contributed by atoms with Gasteiger partial charge in [0.1, 0.15) is 6.04 Å². The summed E-state index contributed by atoms with van der Waals surface area (Å²) in [5, 5.41) is 40.2. The molecule has 4 radical (unpaired) electrons. The van der Waals surface area contributed by atoms with Crippen molar-refractivity contribution in [3.05, 3.63) is 0 Å². The third kappa shape index (κ3) is 46.9. The van der Waals surface area contributed by atoms with Gasteiger partial charge in [-0.3, -0.25) is 28.8 Å². The van der Waals surface area contributed by atoms with E-state index in [-0.39, 0.29) is 55.0 Å². The minimum absolute atomic E-state index is 0.0179. The van der Waals surface area contributed by atoms with Crippen LogP contribution in [0.25, 0.3) is 0 Å². The van der Waals surface area contributed by atoms with Gasteiger partial charge in [-0.25, -0.2) is 4.79 Å². The topological polar surface area (TPSA) is 309 Å². The lowest BCUT2D eigenvalue weighted by atomic mass is 9.99. The van der Waals surface area contributed by atoms with Crippen LogP contribution in [0.1, 0.15) is 207 Å². The molecule has 0 saturated carbocycles. The Hall–Kier alpha value is -4.03. The fourth-order valence-electron chi connectivity index (χ4n) is 6.72. The van der Waals surface area contributed by atoms with Crippen LogP contribution in [0.4, 0.5) is 0 Å². The molecule has 384 valence electrons. The predicted molar refractivity (Wildman–Crippen MR) is 264 cm³/mol. The van der Waals surface area contributed by atoms with Crippen LogP contribution in [-0.2, 0) is 38.4 Å². The number of hydrogen-bond acceptors (Lipinski definition) is 11. The van der Waals surface area contributed by atoms with Crippen LogP contribution in [0.2, 0.25) is 0 Å². The summed E-state index contributed by atoms with van der Waals surface area (Å²) in [6.45, 7) is 7.04. The number of amides is 4. The molecular formula is C47H89B2N7O11. The molecule has 0 saturated heterocycles. The van der Waals surface area contributed by atoms with E-state index in [1.165, 1.54) is 44.9 Å². The van der Waals surface area contributed by atoms with Gasteiger partial charge in [0.15, 0.2) is 15.8 Å². The molecule has 3 unspecified atom stereocenters. The Morgan fingerprint density at radius 1 is 0.463 bits per heavy atom. The van der Waals surface area contributed by atoms with Crippen molar-refractivity contribution < 1.29 is 53.7 Å². The highest BCUT2D eigenvalue weighted by Crippen LogP contribution is 2.14. The third-order valence-electron chi connectivity index (χ3n) is 10.7. The number of aliphatic carboxylic acids is 3. The standard InChI is InChI=1S/C41H76BN7O10.C4H7BO.C2H6/c42-49-34(41(58)59)23-17-20-30-47-39(55)32(44)22-16-19-29-46-38(54)31(43)21-15-18-28-45-35(50)27-26-33(40(56)57)48-36(51)24-13-11-9-7-5-3-1-2-4-6-8-10-12-14-25-37(52)53;1-2-3-4(5)6;1-2/h31-34,49H,1-30,43-44H2,(H,45,50)(H,46,54)(H,47,55)(H,48,51)(H,52,53)(H,56,57)(H,58,59);2-3H2,1H3;1-2H3/t31-,32?,33?,34?;;/m0../s1. The van der Waals surface area contributed by atoms with Gasteiger partial charge in [0.05, 0.1) is 23.8 Å². The molecule has 12 N–H and O–H groups in total. The first-order chi connectivity index (χ1) is 32.0. The van der Waals surface area contributed by atoms with Crippen molar-refractivity contribution in [3.8, 4) is 0 Å². The lowest BCUT2D eigenvalue weighted by molar-refractivity contribution is -0.142. The van der Waals surface area contributed by atoms with Gasteiger partial charge >= 0.3 is 17.9 Å². The van der Waals surface area contributed by atoms with Crippen molar-refractivity contribution in [2.24, 2.45) is 11.5 Å². The first kappa shape index (κ1) is 67.2. The summed E-state index contributed by atoms with van der Waals surface area (Å²) in [5.74, 6) is -4.15. The highest BCUT2D eigenvalue weighted by atomic mass is 16.4. The van der Waals surface area contributed by atoms with Crippen LogP contribution in [-0.4, -0.2) is 122 Å². The van der Waals surface area contributed by atoms with E-state index >= 15 is 0 Å². The van der Waals surface area contributed by atoms with E-state index in [2.05, 4.69) is 26.5 Å². The number of rotatable bonds is 43. The summed E-state index contributed by atoms with van der Waals surface area (Å²) in [7, 11) is 9.96. The molecule has 0 aliphatic carbocycles. The summed E-state index contributed by atoms with van der Waals surface area (Å²) in [5.41, 5.74) is 11.7. The number of carbonyl (C=O) groups excluding carboxylic acids is 5. The molecule has 20 heteroatoms. The van der Waals surface area contributed by atoms with Gasteiger partial charge in [-0.1, -0.05) is 104 Å². The molecule has 4 amide bonds. The van der Waals surface area contributed by atoms with E-state index in [4.69, 9.17) is 37.5 Å². The number of nitrogens with two attached hydrogens (primary N) is 2. The van der Waals surface area contributed by atoms with Gasteiger partial charge in [0, 0.05) is 38.9 Å². The van der Waals surface area contributed by atoms with E-state index in [1.54, 1.807) is 0 Å². The maximum Gasteiger partial charge on any atom is 0.326 e. The first-order valence-corrected chi connectivity index (χ1v) is 25.1. The lowest BCUT2D eigenvalue weighted by Gasteiger charge is -2.15. The highest BCUT2D eigenvalue weighted by Gasteiger charge is 2.21. The van der Waals surface area contributed by atoms with Crippen LogP contribution in [0.3, 0.4) is 0 Å². The van der Waals surface area contributed by atoms with E-state index in [9.17, 15) is 43.5 Å². The number of nitrogens with one attached hydrogen (secondary N) is 5. The van der Waals surface area contributed by atoms with Crippen molar-refractivity contribution in [2.45, 2.75) is 231 Å². The molecule has 0 aliphatic heterocycles. The number of carboxylic acids is 3. The molecule has 0 aliphatic rings. The van der Waals surface area contributed by atoms with Gasteiger partial charge in [0.25, 0.3) is 0 Å². The Labute approximate surface area is 404 Å². The van der Waals surface area contributed by atoms with Crippen LogP contribution in [0, 0.1) is 0 Å². The molecule has 0 fully saturated rings. The Bertz CT molecular complexity index is 1330. The Morgan fingerprint density at radius 2 is 0.851 bits per heavy atom. The molecular weight excluding hydrogens is 860 g/mol. The maximum absolute atomic E-state index is 12.4. The molecule has 0 rings (SSSR count). The first-order valence-electron chi connectivity index (χ1n) is 25.1. The van der Waals surface area contributed by atoms with Gasteiger partial charge in [0.2, 0.25) is 23.6 Å². The quantitative estimate of drug-likeness (QED) is 0.0290. The molecule has 18 nitrogen and oxygen atoms in total. The second-order valence-corrected chi connectivity index (χ2v) is 16.7. The van der Waals surface area contributed by atoms with E-state index < -0.39 is 42.1 Å². The summed E-state index contributed by atoms with van der Waals surface area (Å²) >= 11 is 0. The van der Waals surface area contributed by atoms with E-state index in [0.29, 0.717) is 90.3 Å². The van der Waals surface area contributed by atoms with Crippen molar-refractivity contribution in [2.75, 3.05) is 19.6 Å². The van der Waals surface area contributed by atoms with E-state index in [0.717, 1.165) is 44.9 Å². The SMILES string of the molecule is CC.[B]C(=O)CCC.[B]NC(CCCCNC(=O)C(N)CCCCNC(=O)[C@@H](N)CCCCNC(=O)CCC(NC(=O)CCCCCCCCCCCCCCCCC(=O)O)C(=O)O)C(=O)O. The Morgan fingerprint density at radius 3 is 1.21 bits per heavy atom. The Kier molecular flexibility index (Phi) is 48.6. The van der Waals surface area contributed by atoms with Crippen LogP contribution >= 0.6 is 0 Å². The largest absolute Gasteiger partial charge is 0.481 e. The number of hydrogen-bond donors (Lipinski definition) is 10. The molecule has 0 aromatic rings. The van der Waals surface area contributed by atoms with Crippen molar-refractivity contribution in [1.29, 1.82) is 0 Å².